The van der Waals surface area contributed by atoms with Crippen molar-refractivity contribution in [2.45, 2.75) is 12.5 Å². The number of carbonyl (C=O) groups excluding carboxylic acids is 1. The summed E-state index contributed by atoms with van der Waals surface area (Å²) in [6, 6.07) is 17.9. The molecular formula is C18H17NO2. The van der Waals surface area contributed by atoms with Crippen molar-refractivity contribution < 1.29 is 9.53 Å². The highest BCUT2D eigenvalue weighted by atomic mass is 16.5. The molecule has 0 saturated heterocycles. The predicted octanol–water partition coefficient (Wildman–Crippen LogP) is 3.04. The number of benzene rings is 3. The van der Waals surface area contributed by atoms with Crippen molar-refractivity contribution in [1.82, 2.24) is 0 Å². The number of hydrogen-bond acceptors (Lipinski definition) is 3. The Hall–Kier alpha value is -2.39. The molecule has 1 atom stereocenters. The van der Waals surface area contributed by atoms with Gasteiger partial charge >= 0.3 is 5.97 Å². The zero-order valence-corrected chi connectivity index (χ0v) is 11.9. The summed E-state index contributed by atoms with van der Waals surface area (Å²) in [6.45, 7) is 0. The van der Waals surface area contributed by atoms with Gasteiger partial charge in [0.1, 0.15) is 6.04 Å². The molecule has 0 unspecified atom stereocenters. The summed E-state index contributed by atoms with van der Waals surface area (Å²) in [5.74, 6) is -0.382. The summed E-state index contributed by atoms with van der Waals surface area (Å²) in [5.41, 5.74) is 7.07. The van der Waals surface area contributed by atoms with Crippen molar-refractivity contribution in [3.05, 3.63) is 60.2 Å². The van der Waals surface area contributed by atoms with Gasteiger partial charge in [-0.25, -0.2) is 0 Å². The molecule has 3 nitrogen and oxygen atoms in total. The first-order valence-corrected chi connectivity index (χ1v) is 6.93. The summed E-state index contributed by atoms with van der Waals surface area (Å²) in [7, 11) is 1.36. The summed E-state index contributed by atoms with van der Waals surface area (Å²) >= 11 is 0. The third-order valence-corrected chi connectivity index (χ3v) is 3.81. The Morgan fingerprint density at radius 2 is 1.57 bits per heavy atom. The zero-order valence-electron chi connectivity index (χ0n) is 11.9. The van der Waals surface area contributed by atoms with Crippen LogP contribution in [0.5, 0.6) is 0 Å². The van der Waals surface area contributed by atoms with Crippen molar-refractivity contribution in [2.75, 3.05) is 7.11 Å². The van der Waals surface area contributed by atoms with E-state index in [0.29, 0.717) is 6.42 Å². The number of ether oxygens (including phenoxy) is 1. The van der Waals surface area contributed by atoms with Crippen LogP contribution in [0.2, 0.25) is 0 Å². The van der Waals surface area contributed by atoms with Crippen LogP contribution in [-0.2, 0) is 16.0 Å². The van der Waals surface area contributed by atoms with Crippen LogP contribution >= 0.6 is 0 Å². The minimum absolute atomic E-state index is 0.382. The Kier molecular flexibility index (Phi) is 3.59. The van der Waals surface area contributed by atoms with Crippen LogP contribution in [0, 0.1) is 0 Å². The molecule has 0 aromatic heterocycles. The molecule has 0 aliphatic heterocycles. The van der Waals surface area contributed by atoms with Crippen LogP contribution < -0.4 is 5.73 Å². The molecule has 0 spiro atoms. The van der Waals surface area contributed by atoms with E-state index in [1.165, 1.54) is 7.11 Å². The maximum atomic E-state index is 11.6. The number of nitrogens with two attached hydrogens (primary N) is 1. The van der Waals surface area contributed by atoms with Gasteiger partial charge in [0.05, 0.1) is 7.11 Å². The second kappa shape index (κ2) is 5.54. The van der Waals surface area contributed by atoms with E-state index in [1.807, 2.05) is 24.3 Å². The van der Waals surface area contributed by atoms with E-state index >= 15 is 0 Å². The fraction of sp³-hybridized carbons (Fsp3) is 0.167. The Morgan fingerprint density at radius 1 is 1.05 bits per heavy atom. The van der Waals surface area contributed by atoms with Gasteiger partial charge in [0.2, 0.25) is 0 Å². The highest BCUT2D eigenvalue weighted by Crippen LogP contribution is 2.29. The molecule has 3 aromatic carbocycles. The first kappa shape index (κ1) is 13.6. The number of rotatable bonds is 3. The minimum atomic E-state index is -0.649. The largest absolute Gasteiger partial charge is 0.468 e. The van der Waals surface area contributed by atoms with Crippen LogP contribution in [0.15, 0.2) is 54.6 Å². The SMILES string of the molecule is COC(=O)[C@@H](N)Cc1c2ccccc2cc2ccccc12. The van der Waals surface area contributed by atoms with Gasteiger partial charge in [-0.1, -0.05) is 48.5 Å². The molecule has 106 valence electrons. The molecule has 0 amide bonds. The second-order valence-electron chi connectivity index (χ2n) is 5.13. The lowest BCUT2D eigenvalue weighted by Crippen LogP contribution is -2.33. The van der Waals surface area contributed by atoms with E-state index in [9.17, 15) is 4.79 Å². The standard InChI is InChI=1S/C18H17NO2/c1-21-18(20)17(19)11-16-14-8-4-2-6-12(14)10-13-7-3-5-9-15(13)16/h2-10,17H,11,19H2,1H3/t17-/m0/s1. The van der Waals surface area contributed by atoms with Crippen molar-refractivity contribution >= 4 is 27.5 Å². The normalized spacial score (nSPS) is 12.5. The molecule has 0 aliphatic rings. The highest BCUT2D eigenvalue weighted by molar-refractivity contribution is 6.02. The van der Waals surface area contributed by atoms with Gasteiger partial charge in [-0.3, -0.25) is 4.79 Å². The molecule has 3 aromatic rings. The Balaban J connectivity index is 2.22. The average molecular weight is 279 g/mol. The van der Waals surface area contributed by atoms with Crippen LogP contribution in [0.25, 0.3) is 21.5 Å². The van der Waals surface area contributed by atoms with Crippen molar-refractivity contribution in [3.63, 3.8) is 0 Å². The monoisotopic (exact) mass is 279 g/mol. The first-order chi connectivity index (χ1) is 10.2. The van der Waals surface area contributed by atoms with Gasteiger partial charge < -0.3 is 10.5 Å². The average Bonchev–Trinajstić information content (AvgIpc) is 2.53. The topological polar surface area (TPSA) is 52.3 Å². The van der Waals surface area contributed by atoms with E-state index in [2.05, 4.69) is 30.3 Å². The number of esters is 1. The summed E-state index contributed by atoms with van der Waals surface area (Å²) in [6.07, 6.45) is 0.467. The van der Waals surface area contributed by atoms with Gasteiger partial charge in [0.15, 0.2) is 0 Å². The van der Waals surface area contributed by atoms with Crippen LogP contribution in [0.1, 0.15) is 5.56 Å². The first-order valence-electron chi connectivity index (χ1n) is 6.93. The van der Waals surface area contributed by atoms with Crippen LogP contribution in [0.3, 0.4) is 0 Å². The second-order valence-corrected chi connectivity index (χ2v) is 5.13. The quantitative estimate of drug-likeness (QED) is 0.592. The lowest BCUT2D eigenvalue weighted by molar-refractivity contribution is -0.142. The van der Waals surface area contributed by atoms with Crippen molar-refractivity contribution in [1.29, 1.82) is 0 Å². The minimum Gasteiger partial charge on any atom is -0.468 e. The van der Waals surface area contributed by atoms with Gasteiger partial charge in [0.25, 0.3) is 0 Å². The smallest absolute Gasteiger partial charge is 0.322 e. The van der Waals surface area contributed by atoms with E-state index in [0.717, 1.165) is 27.1 Å². The zero-order chi connectivity index (χ0) is 14.8. The third kappa shape index (κ3) is 2.48. The molecule has 0 radical (unpaired) electrons. The number of hydrogen-bond donors (Lipinski definition) is 1. The van der Waals surface area contributed by atoms with Gasteiger partial charge in [-0.2, -0.15) is 0 Å². The summed E-state index contributed by atoms with van der Waals surface area (Å²) < 4.78 is 4.74. The predicted molar refractivity (Wildman–Crippen MR) is 85.1 cm³/mol. The molecule has 0 saturated carbocycles. The molecule has 3 rings (SSSR count). The fourth-order valence-electron chi connectivity index (χ4n) is 2.78. The molecule has 0 heterocycles. The molecule has 0 aliphatic carbocycles. The number of carbonyl (C=O) groups is 1. The maximum Gasteiger partial charge on any atom is 0.322 e. The van der Waals surface area contributed by atoms with Gasteiger partial charge in [0, 0.05) is 0 Å². The Morgan fingerprint density at radius 3 is 2.10 bits per heavy atom. The van der Waals surface area contributed by atoms with Crippen molar-refractivity contribution in [2.24, 2.45) is 5.73 Å². The van der Waals surface area contributed by atoms with Crippen LogP contribution in [0.4, 0.5) is 0 Å². The van der Waals surface area contributed by atoms with E-state index in [1.54, 1.807) is 0 Å². The third-order valence-electron chi connectivity index (χ3n) is 3.81. The van der Waals surface area contributed by atoms with E-state index in [-0.39, 0.29) is 5.97 Å². The summed E-state index contributed by atoms with van der Waals surface area (Å²) in [4.78, 5) is 11.6. The van der Waals surface area contributed by atoms with Gasteiger partial charge in [-0.05, 0) is 39.6 Å². The molecule has 0 bridgehead atoms. The Bertz CT molecular complexity index is 757. The number of fused-ring (bicyclic) bond motifs is 2. The van der Waals surface area contributed by atoms with Gasteiger partial charge in [-0.15, -0.1) is 0 Å². The van der Waals surface area contributed by atoms with Crippen LogP contribution in [-0.4, -0.2) is 19.1 Å². The molecule has 21 heavy (non-hydrogen) atoms. The maximum absolute atomic E-state index is 11.6. The Labute approximate surface area is 123 Å². The van der Waals surface area contributed by atoms with E-state index < -0.39 is 6.04 Å². The molecular weight excluding hydrogens is 262 g/mol. The number of methoxy groups -OCH3 is 1. The fourth-order valence-corrected chi connectivity index (χ4v) is 2.78. The summed E-state index contributed by atoms with van der Waals surface area (Å²) in [5, 5.41) is 4.58. The lowest BCUT2D eigenvalue weighted by Gasteiger charge is -2.14. The highest BCUT2D eigenvalue weighted by Gasteiger charge is 2.17. The van der Waals surface area contributed by atoms with Crippen molar-refractivity contribution in [3.8, 4) is 0 Å². The lowest BCUT2D eigenvalue weighted by atomic mass is 9.93. The molecule has 0 fully saturated rings. The molecule has 2 N–H and O–H groups in total. The van der Waals surface area contributed by atoms with E-state index in [4.69, 9.17) is 10.5 Å². The molecule has 3 heteroatoms.